The van der Waals surface area contributed by atoms with Crippen LogP contribution in [0.3, 0.4) is 0 Å². The molecule has 1 unspecified atom stereocenters. The van der Waals surface area contributed by atoms with Gasteiger partial charge >= 0.3 is 6.03 Å². The average Bonchev–Trinajstić information content (AvgIpc) is 3.23. The Morgan fingerprint density at radius 1 is 1.52 bits per heavy atom. The molecule has 2 rings (SSSR count). The van der Waals surface area contributed by atoms with Crippen molar-refractivity contribution in [1.82, 2.24) is 10.6 Å². The number of hydrogen-bond donors (Lipinski definition) is 3. The average molecular weight is 315 g/mol. The number of halogens is 2. The third-order valence-corrected chi connectivity index (χ3v) is 4.30. The number of amides is 2. The summed E-state index contributed by atoms with van der Waals surface area (Å²) in [5, 5.41) is 15.0. The summed E-state index contributed by atoms with van der Waals surface area (Å²) in [7, 11) is 0. The van der Waals surface area contributed by atoms with Crippen molar-refractivity contribution in [2.75, 3.05) is 13.2 Å². The lowest BCUT2D eigenvalue weighted by Gasteiger charge is -2.20. The molecule has 0 aliphatic heterocycles. The molecular weight excluding hydrogens is 295 g/mol. The van der Waals surface area contributed by atoms with E-state index in [0.717, 1.165) is 18.4 Å². The van der Waals surface area contributed by atoms with Gasteiger partial charge in [0, 0.05) is 17.0 Å². The van der Waals surface area contributed by atoms with E-state index >= 15 is 0 Å². The maximum atomic E-state index is 13.1. The Balaban J connectivity index is 1.95. The molecule has 1 fully saturated rings. The highest BCUT2D eigenvalue weighted by atomic mass is 35.5. The van der Waals surface area contributed by atoms with E-state index in [0.29, 0.717) is 18.0 Å². The largest absolute Gasteiger partial charge is 0.394 e. The van der Waals surface area contributed by atoms with Crippen molar-refractivity contribution < 1.29 is 14.3 Å². The van der Waals surface area contributed by atoms with Gasteiger partial charge in [0.1, 0.15) is 5.82 Å². The summed E-state index contributed by atoms with van der Waals surface area (Å²) in [5.41, 5.74) is 0.684. The maximum absolute atomic E-state index is 13.1. The molecule has 21 heavy (non-hydrogen) atoms. The van der Waals surface area contributed by atoms with Crippen LogP contribution in [0, 0.1) is 5.82 Å². The third kappa shape index (κ3) is 3.86. The molecule has 3 N–H and O–H groups in total. The number of urea groups is 1. The smallest absolute Gasteiger partial charge is 0.315 e. The molecule has 1 saturated carbocycles. The van der Waals surface area contributed by atoms with Crippen molar-refractivity contribution in [3.05, 3.63) is 34.6 Å². The van der Waals surface area contributed by atoms with E-state index in [4.69, 9.17) is 16.7 Å². The van der Waals surface area contributed by atoms with Crippen LogP contribution in [-0.2, 0) is 5.41 Å². The van der Waals surface area contributed by atoms with E-state index < -0.39 is 0 Å². The van der Waals surface area contributed by atoms with E-state index in [-0.39, 0.29) is 29.9 Å². The summed E-state index contributed by atoms with van der Waals surface area (Å²) >= 11 is 6.10. The van der Waals surface area contributed by atoms with Crippen molar-refractivity contribution >= 4 is 17.6 Å². The third-order valence-electron chi connectivity index (χ3n) is 3.99. The molecule has 1 aliphatic carbocycles. The predicted molar refractivity (Wildman–Crippen MR) is 80.0 cm³/mol. The Bertz CT molecular complexity index is 516. The number of rotatable bonds is 6. The van der Waals surface area contributed by atoms with Gasteiger partial charge in [-0.3, -0.25) is 0 Å². The van der Waals surface area contributed by atoms with Crippen LogP contribution in [0.15, 0.2) is 18.2 Å². The number of benzene rings is 1. The van der Waals surface area contributed by atoms with Crippen LogP contribution in [0.5, 0.6) is 0 Å². The highest BCUT2D eigenvalue weighted by Gasteiger charge is 2.45. The quantitative estimate of drug-likeness (QED) is 0.756. The molecule has 0 heterocycles. The summed E-state index contributed by atoms with van der Waals surface area (Å²) in [6, 6.07) is 3.83. The molecule has 2 amide bonds. The van der Waals surface area contributed by atoms with Crippen molar-refractivity contribution in [2.24, 2.45) is 0 Å². The first kappa shape index (κ1) is 16.0. The lowest BCUT2D eigenvalue weighted by molar-refractivity contribution is 0.214. The van der Waals surface area contributed by atoms with Crippen LogP contribution in [-0.4, -0.2) is 30.3 Å². The van der Waals surface area contributed by atoms with Gasteiger partial charge in [-0.1, -0.05) is 24.6 Å². The number of hydrogen-bond acceptors (Lipinski definition) is 2. The van der Waals surface area contributed by atoms with Gasteiger partial charge in [0.2, 0.25) is 0 Å². The molecule has 1 aromatic rings. The highest BCUT2D eigenvalue weighted by molar-refractivity contribution is 6.31. The first-order valence-corrected chi connectivity index (χ1v) is 7.49. The zero-order valence-corrected chi connectivity index (χ0v) is 12.7. The fraction of sp³-hybridized carbons (Fsp3) is 0.533. The minimum Gasteiger partial charge on any atom is -0.394 e. The standard InChI is InChI=1S/C15H20ClFN2O2/c1-2-11(8-20)19-14(21)18-9-15(5-6-15)12-4-3-10(17)7-13(12)16/h3-4,7,11,20H,2,5-6,8-9H2,1H3,(H2,18,19,21). The van der Waals surface area contributed by atoms with Gasteiger partial charge in [-0.15, -0.1) is 0 Å². The molecule has 6 heteroatoms. The van der Waals surface area contributed by atoms with E-state index in [1.54, 1.807) is 6.07 Å². The van der Waals surface area contributed by atoms with Gasteiger partial charge in [-0.2, -0.15) is 0 Å². The fourth-order valence-corrected chi connectivity index (χ4v) is 2.74. The number of carbonyl (C=O) groups is 1. The molecule has 0 spiro atoms. The SMILES string of the molecule is CCC(CO)NC(=O)NCC1(c2ccc(F)cc2Cl)CC1. The van der Waals surface area contributed by atoms with Gasteiger partial charge in [-0.05, 0) is 37.0 Å². The molecule has 0 radical (unpaired) electrons. The van der Waals surface area contributed by atoms with Crippen LogP contribution in [0.25, 0.3) is 0 Å². The van der Waals surface area contributed by atoms with Crippen LogP contribution < -0.4 is 10.6 Å². The molecule has 0 aromatic heterocycles. The second kappa shape index (κ2) is 6.62. The number of aliphatic hydroxyl groups excluding tert-OH is 1. The van der Waals surface area contributed by atoms with E-state index in [2.05, 4.69) is 10.6 Å². The van der Waals surface area contributed by atoms with Crippen LogP contribution in [0.2, 0.25) is 5.02 Å². The molecule has 1 atom stereocenters. The van der Waals surface area contributed by atoms with Crippen molar-refractivity contribution in [2.45, 2.75) is 37.6 Å². The molecular formula is C15H20ClFN2O2. The van der Waals surface area contributed by atoms with Crippen LogP contribution >= 0.6 is 11.6 Å². The van der Waals surface area contributed by atoms with Crippen molar-refractivity contribution in [1.29, 1.82) is 0 Å². The van der Waals surface area contributed by atoms with Gasteiger partial charge < -0.3 is 15.7 Å². The molecule has 116 valence electrons. The predicted octanol–water partition coefficient (Wildman–Crippen LogP) is 2.58. The van der Waals surface area contributed by atoms with E-state index in [1.807, 2.05) is 6.92 Å². The summed E-state index contributed by atoms with van der Waals surface area (Å²) in [4.78, 5) is 11.8. The molecule has 1 aliphatic rings. The van der Waals surface area contributed by atoms with Crippen LogP contribution in [0.4, 0.5) is 9.18 Å². The van der Waals surface area contributed by atoms with Gasteiger partial charge in [0.25, 0.3) is 0 Å². The second-order valence-corrected chi connectivity index (χ2v) is 5.93. The first-order valence-electron chi connectivity index (χ1n) is 7.11. The Hall–Kier alpha value is -1.33. The maximum Gasteiger partial charge on any atom is 0.315 e. The van der Waals surface area contributed by atoms with Gasteiger partial charge in [0.15, 0.2) is 0 Å². The van der Waals surface area contributed by atoms with Crippen molar-refractivity contribution in [3.8, 4) is 0 Å². The summed E-state index contributed by atoms with van der Waals surface area (Å²) in [5.74, 6) is -0.362. The zero-order chi connectivity index (χ0) is 15.5. The topological polar surface area (TPSA) is 61.4 Å². The molecule has 4 nitrogen and oxygen atoms in total. The number of aliphatic hydroxyl groups is 1. The van der Waals surface area contributed by atoms with E-state index in [1.165, 1.54) is 12.1 Å². The second-order valence-electron chi connectivity index (χ2n) is 5.52. The lowest BCUT2D eigenvalue weighted by Crippen LogP contribution is -2.45. The number of nitrogens with one attached hydrogen (secondary N) is 2. The Morgan fingerprint density at radius 3 is 2.76 bits per heavy atom. The van der Waals surface area contributed by atoms with Crippen molar-refractivity contribution in [3.63, 3.8) is 0 Å². The van der Waals surface area contributed by atoms with Gasteiger partial charge in [-0.25, -0.2) is 9.18 Å². The summed E-state index contributed by atoms with van der Waals surface area (Å²) < 4.78 is 13.1. The molecule has 0 saturated heterocycles. The summed E-state index contributed by atoms with van der Waals surface area (Å²) in [6.07, 6.45) is 2.49. The highest BCUT2D eigenvalue weighted by Crippen LogP contribution is 2.50. The Kier molecular flexibility index (Phi) is 5.06. The number of carbonyl (C=O) groups excluding carboxylic acids is 1. The molecule has 0 bridgehead atoms. The summed E-state index contributed by atoms with van der Waals surface area (Å²) in [6.45, 7) is 2.26. The van der Waals surface area contributed by atoms with Gasteiger partial charge in [0.05, 0.1) is 12.6 Å². The first-order chi connectivity index (χ1) is 10.0. The zero-order valence-electron chi connectivity index (χ0n) is 12.0. The Morgan fingerprint density at radius 2 is 2.24 bits per heavy atom. The monoisotopic (exact) mass is 314 g/mol. The molecule has 1 aromatic carbocycles. The van der Waals surface area contributed by atoms with Crippen LogP contribution in [0.1, 0.15) is 31.7 Å². The minimum absolute atomic E-state index is 0.0845. The minimum atomic E-state index is -0.362. The fourth-order valence-electron chi connectivity index (χ4n) is 2.37. The Labute approximate surface area is 128 Å². The normalized spacial score (nSPS) is 17.1. The van der Waals surface area contributed by atoms with E-state index in [9.17, 15) is 9.18 Å². The lowest BCUT2D eigenvalue weighted by atomic mass is 9.96.